The number of Topliss-reactive ketones (excluding diaryl/α,β-unsaturated/α-hetero) is 2. The summed E-state index contributed by atoms with van der Waals surface area (Å²) in [6, 6.07) is 11.3. The van der Waals surface area contributed by atoms with Crippen LogP contribution in [0.4, 0.5) is 0 Å². The number of ketones is 2. The Kier molecular flexibility index (Phi) is 5.06. The van der Waals surface area contributed by atoms with Crippen LogP contribution in [0.15, 0.2) is 53.3 Å². The first-order valence-corrected chi connectivity index (χ1v) is 11.1. The Morgan fingerprint density at radius 3 is 2.41 bits per heavy atom. The van der Waals surface area contributed by atoms with E-state index < -0.39 is 46.6 Å². The number of phenolic OH excluding ortho intramolecular Hbond substituents is 1. The maximum atomic E-state index is 13.5. The minimum absolute atomic E-state index is 0.0250. The van der Waals surface area contributed by atoms with E-state index in [-0.39, 0.29) is 35.6 Å². The van der Waals surface area contributed by atoms with Gasteiger partial charge in [0.2, 0.25) is 0 Å². The van der Waals surface area contributed by atoms with Crippen LogP contribution in [0.25, 0.3) is 16.9 Å². The lowest BCUT2D eigenvalue weighted by molar-refractivity contribution is -0.127. The molecule has 0 bridgehead atoms. The monoisotopic (exact) mass is 460 g/mol. The molecule has 3 aliphatic rings. The second-order valence-corrected chi connectivity index (χ2v) is 9.11. The fourth-order valence-corrected chi connectivity index (χ4v) is 5.80. The number of rotatable bonds is 3. The van der Waals surface area contributed by atoms with Crippen LogP contribution in [-0.2, 0) is 27.3 Å². The van der Waals surface area contributed by atoms with Gasteiger partial charge in [-0.2, -0.15) is 0 Å². The summed E-state index contributed by atoms with van der Waals surface area (Å²) in [4.78, 5) is 37.7. The summed E-state index contributed by atoms with van der Waals surface area (Å²) in [5.74, 6) is -5.46. The van der Waals surface area contributed by atoms with E-state index in [0.717, 1.165) is 11.1 Å². The summed E-state index contributed by atoms with van der Waals surface area (Å²) in [5, 5.41) is 32.9. The number of amides is 1. The van der Waals surface area contributed by atoms with Crippen LogP contribution in [0.3, 0.4) is 0 Å². The molecule has 34 heavy (non-hydrogen) atoms. The minimum Gasteiger partial charge on any atom is -0.511 e. The zero-order chi connectivity index (χ0) is 24.3. The van der Waals surface area contributed by atoms with Gasteiger partial charge in [0, 0.05) is 24.1 Å². The number of aliphatic hydroxyl groups excluding tert-OH is 2. The van der Waals surface area contributed by atoms with Crippen molar-refractivity contribution < 1.29 is 29.7 Å². The third-order valence-electron chi connectivity index (χ3n) is 7.27. The van der Waals surface area contributed by atoms with Crippen molar-refractivity contribution in [3.05, 3.63) is 70.0 Å². The summed E-state index contributed by atoms with van der Waals surface area (Å²) in [6.07, 6.45) is 0.622. The molecule has 3 unspecified atom stereocenters. The molecule has 1 fully saturated rings. The molecule has 5 rings (SSSR count). The van der Waals surface area contributed by atoms with Crippen molar-refractivity contribution in [2.24, 2.45) is 29.2 Å². The van der Waals surface area contributed by atoms with Crippen LogP contribution in [0.2, 0.25) is 0 Å². The predicted octanol–water partition coefficient (Wildman–Crippen LogP) is 2.43. The van der Waals surface area contributed by atoms with Gasteiger partial charge in [0.05, 0.1) is 11.5 Å². The van der Waals surface area contributed by atoms with E-state index in [2.05, 4.69) is 0 Å². The fraction of sp³-hybridized carbons (Fsp3) is 0.269. The highest BCUT2D eigenvalue weighted by Crippen LogP contribution is 2.52. The largest absolute Gasteiger partial charge is 0.511 e. The second-order valence-electron chi connectivity index (χ2n) is 9.11. The number of allylic oxidation sites excluding steroid dienone is 2. The molecule has 7 N–H and O–H groups in total. The van der Waals surface area contributed by atoms with Gasteiger partial charge >= 0.3 is 0 Å². The Morgan fingerprint density at radius 2 is 1.76 bits per heavy atom. The maximum absolute atomic E-state index is 13.5. The summed E-state index contributed by atoms with van der Waals surface area (Å²) < 4.78 is 0. The van der Waals surface area contributed by atoms with Gasteiger partial charge in [-0.1, -0.05) is 30.3 Å². The summed E-state index contributed by atoms with van der Waals surface area (Å²) in [7, 11) is 0. The zero-order valence-electron chi connectivity index (χ0n) is 18.2. The van der Waals surface area contributed by atoms with Gasteiger partial charge in [0.1, 0.15) is 22.8 Å². The number of aliphatic hydroxyl groups is 2. The number of phenols is 1. The first-order valence-electron chi connectivity index (χ1n) is 11.1. The molecule has 8 heteroatoms. The van der Waals surface area contributed by atoms with E-state index in [4.69, 9.17) is 11.5 Å². The lowest BCUT2D eigenvalue weighted by atomic mass is 9.61. The number of nitrogens with two attached hydrogens (primary N) is 2. The van der Waals surface area contributed by atoms with Gasteiger partial charge in [-0.05, 0) is 47.4 Å². The van der Waals surface area contributed by atoms with Crippen molar-refractivity contribution in [1.29, 1.82) is 0 Å². The average molecular weight is 460 g/mol. The Morgan fingerprint density at radius 1 is 1.06 bits per heavy atom. The van der Waals surface area contributed by atoms with E-state index in [0.29, 0.717) is 24.0 Å². The van der Waals surface area contributed by atoms with Crippen molar-refractivity contribution in [2.75, 3.05) is 0 Å². The SMILES string of the molecule is NCc1cc(-c2ccccc2)c2c(c1O)C(O)=C1C(=O)C3C(O)=C(C(N)=O)C(=O)CC3CC1C2. The molecule has 0 heterocycles. The third-order valence-corrected chi connectivity index (χ3v) is 7.27. The topological polar surface area (TPSA) is 164 Å². The normalized spacial score (nSPS) is 24.0. The van der Waals surface area contributed by atoms with E-state index >= 15 is 0 Å². The first-order chi connectivity index (χ1) is 16.2. The third kappa shape index (κ3) is 3.06. The van der Waals surface area contributed by atoms with Crippen molar-refractivity contribution >= 4 is 23.2 Å². The highest BCUT2D eigenvalue weighted by molar-refractivity contribution is 6.21. The Bertz CT molecular complexity index is 1320. The number of benzene rings is 2. The number of primary amides is 1. The Labute approximate surface area is 195 Å². The van der Waals surface area contributed by atoms with Crippen LogP contribution in [0.5, 0.6) is 5.75 Å². The summed E-state index contributed by atoms with van der Waals surface area (Å²) in [6.45, 7) is 0.0250. The maximum Gasteiger partial charge on any atom is 0.255 e. The Hall–Kier alpha value is -3.91. The molecule has 2 aromatic rings. The fourth-order valence-electron chi connectivity index (χ4n) is 5.80. The zero-order valence-corrected chi connectivity index (χ0v) is 18.2. The number of aromatic hydroxyl groups is 1. The molecule has 2 aromatic carbocycles. The molecule has 174 valence electrons. The van der Waals surface area contributed by atoms with Gasteiger partial charge < -0.3 is 26.8 Å². The van der Waals surface area contributed by atoms with Crippen LogP contribution < -0.4 is 11.5 Å². The molecule has 0 radical (unpaired) electrons. The molecule has 1 saturated carbocycles. The van der Waals surface area contributed by atoms with Crippen LogP contribution >= 0.6 is 0 Å². The van der Waals surface area contributed by atoms with Gasteiger partial charge in [0.15, 0.2) is 11.6 Å². The molecule has 3 atom stereocenters. The van der Waals surface area contributed by atoms with Crippen molar-refractivity contribution in [3.63, 3.8) is 0 Å². The standard InChI is InChI=1S/C26H24N2O6/c27-10-14-8-15(11-4-2-1-3-5-11)16-7-12-6-13-9-17(29)21(26(28)34)25(33)19(13)23(31)18(12)24(32)20(16)22(14)30/h1-5,8,12-13,19,30,32-33H,6-7,9-10,27H2,(H2,28,34). The van der Waals surface area contributed by atoms with E-state index in [1.54, 1.807) is 6.07 Å². The number of hydrogen-bond donors (Lipinski definition) is 5. The smallest absolute Gasteiger partial charge is 0.255 e. The summed E-state index contributed by atoms with van der Waals surface area (Å²) in [5.41, 5.74) is 13.6. The van der Waals surface area contributed by atoms with Gasteiger partial charge in [-0.3, -0.25) is 14.4 Å². The van der Waals surface area contributed by atoms with Crippen molar-refractivity contribution in [2.45, 2.75) is 25.8 Å². The highest BCUT2D eigenvalue weighted by atomic mass is 16.3. The van der Waals surface area contributed by atoms with Gasteiger partial charge in [0.25, 0.3) is 5.91 Å². The van der Waals surface area contributed by atoms with Gasteiger partial charge in [-0.15, -0.1) is 0 Å². The van der Waals surface area contributed by atoms with Crippen LogP contribution in [0.1, 0.15) is 29.5 Å². The number of hydrogen-bond acceptors (Lipinski definition) is 7. The minimum atomic E-state index is -1.14. The molecular weight excluding hydrogens is 436 g/mol. The lowest BCUT2D eigenvalue weighted by Crippen LogP contribution is -2.44. The van der Waals surface area contributed by atoms with E-state index in [9.17, 15) is 29.7 Å². The molecule has 3 aliphatic carbocycles. The van der Waals surface area contributed by atoms with Crippen LogP contribution in [0, 0.1) is 17.8 Å². The average Bonchev–Trinajstić information content (AvgIpc) is 2.79. The van der Waals surface area contributed by atoms with E-state index in [1.807, 2.05) is 30.3 Å². The van der Waals surface area contributed by atoms with E-state index in [1.165, 1.54) is 0 Å². The number of fused-ring (bicyclic) bond motifs is 3. The molecule has 8 nitrogen and oxygen atoms in total. The molecule has 0 aliphatic heterocycles. The lowest BCUT2D eigenvalue weighted by Gasteiger charge is -2.41. The Balaban J connectivity index is 1.72. The first kappa shape index (κ1) is 21.9. The predicted molar refractivity (Wildman–Crippen MR) is 123 cm³/mol. The quantitative estimate of drug-likeness (QED) is 0.439. The second kappa shape index (κ2) is 7.85. The molecule has 0 spiro atoms. The highest BCUT2D eigenvalue weighted by Gasteiger charge is 2.51. The molecule has 1 amide bonds. The van der Waals surface area contributed by atoms with Crippen molar-refractivity contribution in [3.8, 4) is 16.9 Å². The number of carbonyl (C=O) groups excluding carboxylic acids is 3. The molecule has 0 aromatic heterocycles. The summed E-state index contributed by atoms with van der Waals surface area (Å²) >= 11 is 0. The van der Waals surface area contributed by atoms with Gasteiger partial charge in [-0.25, -0.2) is 0 Å². The molecule has 0 saturated heterocycles. The van der Waals surface area contributed by atoms with Crippen LogP contribution in [-0.4, -0.2) is 32.8 Å². The molecular formula is C26H24N2O6. The number of carbonyl (C=O) groups is 3. The van der Waals surface area contributed by atoms with Crippen molar-refractivity contribution in [1.82, 2.24) is 0 Å².